The number of benzene rings is 1. The van der Waals surface area contributed by atoms with Crippen LogP contribution in [0.15, 0.2) is 16.5 Å². The third-order valence-electron chi connectivity index (χ3n) is 1.88. The average molecular weight is 212 g/mol. The third-order valence-corrected chi connectivity index (χ3v) is 2.21. The Labute approximate surface area is 86.0 Å². The number of hydrogen-bond donors (Lipinski definition) is 2. The fourth-order valence-corrected chi connectivity index (χ4v) is 1.39. The molecule has 0 saturated carbocycles. The minimum Gasteiger partial charge on any atom is -0.439 e. The standard InChI is InChI=1S/C9H10ClN3O/c1-12-4-9-13-7-3-6(11)5(10)2-8(7)14-9/h2-3,12H,4,11H2,1H3. The van der Waals surface area contributed by atoms with Crippen LogP contribution >= 0.6 is 11.6 Å². The van der Waals surface area contributed by atoms with Gasteiger partial charge in [-0.15, -0.1) is 0 Å². The van der Waals surface area contributed by atoms with Crippen molar-refractivity contribution in [3.05, 3.63) is 23.0 Å². The summed E-state index contributed by atoms with van der Waals surface area (Å²) >= 11 is 5.85. The Kier molecular flexibility index (Phi) is 2.31. The van der Waals surface area contributed by atoms with Gasteiger partial charge in [0.1, 0.15) is 5.52 Å². The van der Waals surface area contributed by atoms with Crippen molar-refractivity contribution in [1.82, 2.24) is 10.3 Å². The summed E-state index contributed by atoms with van der Waals surface area (Å²) in [7, 11) is 1.83. The van der Waals surface area contributed by atoms with Gasteiger partial charge in [0, 0.05) is 6.07 Å². The van der Waals surface area contributed by atoms with Crippen molar-refractivity contribution < 1.29 is 4.42 Å². The molecule has 4 nitrogen and oxygen atoms in total. The summed E-state index contributed by atoms with van der Waals surface area (Å²) in [6, 6.07) is 3.39. The number of aromatic nitrogens is 1. The van der Waals surface area contributed by atoms with E-state index in [4.69, 9.17) is 21.8 Å². The molecule has 0 amide bonds. The summed E-state index contributed by atoms with van der Waals surface area (Å²) in [5, 5.41) is 3.44. The molecular formula is C9H10ClN3O. The van der Waals surface area contributed by atoms with Gasteiger partial charge < -0.3 is 15.5 Å². The molecule has 74 valence electrons. The monoisotopic (exact) mass is 211 g/mol. The number of hydrogen-bond acceptors (Lipinski definition) is 4. The molecule has 1 aromatic heterocycles. The molecule has 2 aromatic rings. The van der Waals surface area contributed by atoms with Gasteiger partial charge in [-0.3, -0.25) is 0 Å². The van der Waals surface area contributed by atoms with E-state index in [0.717, 1.165) is 5.52 Å². The lowest BCUT2D eigenvalue weighted by Crippen LogP contribution is -2.04. The van der Waals surface area contributed by atoms with E-state index >= 15 is 0 Å². The van der Waals surface area contributed by atoms with E-state index in [1.165, 1.54) is 0 Å². The van der Waals surface area contributed by atoms with E-state index in [-0.39, 0.29) is 0 Å². The molecule has 0 saturated heterocycles. The van der Waals surface area contributed by atoms with E-state index in [1.54, 1.807) is 12.1 Å². The number of nitrogens with one attached hydrogen (secondary N) is 1. The summed E-state index contributed by atoms with van der Waals surface area (Å²) in [5.74, 6) is 0.629. The predicted molar refractivity (Wildman–Crippen MR) is 56.2 cm³/mol. The summed E-state index contributed by atoms with van der Waals surface area (Å²) in [4.78, 5) is 4.24. The van der Waals surface area contributed by atoms with Crippen molar-refractivity contribution in [1.29, 1.82) is 0 Å². The highest BCUT2D eigenvalue weighted by molar-refractivity contribution is 6.33. The molecule has 0 aliphatic rings. The molecule has 0 fully saturated rings. The van der Waals surface area contributed by atoms with Crippen LogP contribution in [-0.4, -0.2) is 12.0 Å². The number of oxazole rings is 1. The van der Waals surface area contributed by atoms with Crippen LogP contribution in [0.4, 0.5) is 5.69 Å². The van der Waals surface area contributed by atoms with E-state index in [2.05, 4.69) is 10.3 Å². The van der Waals surface area contributed by atoms with Gasteiger partial charge in [-0.05, 0) is 13.1 Å². The molecule has 0 unspecified atom stereocenters. The Hall–Kier alpha value is -1.26. The maximum Gasteiger partial charge on any atom is 0.209 e. The highest BCUT2D eigenvalue weighted by Crippen LogP contribution is 2.25. The van der Waals surface area contributed by atoms with Crippen LogP contribution in [0.2, 0.25) is 5.02 Å². The van der Waals surface area contributed by atoms with E-state index < -0.39 is 0 Å². The molecule has 14 heavy (non-hydrogen) atoms. The maximum absolute atomic E-state index is 5.85. The molecule has 2 rings (SSSR count). The Morgan fingerprint density at radius 3 is 3.07 bits per heavy atom. The SMILES string of the molecule is CNCc1nc2cc(N)c(Cl)cc2o1. The van der Waals surface area contributed by atoms with Gasteiger partial charge in [-0.1, -0.05) is 11.6 Å². The lowest BCUT2D eigenvalue weighted by atomic mass is 10.3. The zero-order valence-corrected chi connectivity index (χ0v) is 8.43. The fourth-order valence-electron chi connectivity index (χ4n) is 1.24. The number of rotatable bonds is 2. The lowest BCUT2D eigenvalue weighted by Gasteiger charge is -1.94. The van der Waals surface area contributed by atoms with Crippen LogP contribution in [-0.2, 0) is 6.54 Å². The van der Waals surface area contributed by atoms with Gasteiger partial charge in [-0.2, -0.15) is 0 Å². The minimum atomic E-state index is 0.490. The van der Waals surface area contributed by atoms with E-state index in [9.17, 15) is 0 Å². The fraction of sp³-hybridized carbons (Fsp3) is 0.222. The van der Waals surface area contributed by atoms with Gasteiger partial charge in [0.15, 0.2) is 5.58 Å². The smallest absolute Gasteiger partial charge is 0.209 e. The van der Waals surface area contributed by atoms with Gasteiger partial charge in [0.2, 0.25) is 5.89 Å². The summed E-state index contributed by atoms with van der Waals surface area (Å²) in [6.07, 6.45) is 0. The second-order valence-corrected chi connectivity index (χ2v) is 3.39. The highest BCUT2D eigenvalue weighted by Gasteiger charge is 2.07. The molecule has 0 radical (unpaired) electrons. The first-order valence-electron chi connectivity index (χ1n) is 4.19. The highest BCUT2D eigenvalue weighted by atomic mass is 35.5. The van der Waals surface area contributed by atoms with E-state index in [0.29, 0.717) is 28.7 Å². The predicted octanol–water partition coefficient (Wildman–Crippen LogP) is 1.78. The Morgan fingerprint density at radius 1 is 1.57 bits per heavy atom. The molecule has 0 atom stereocenters. The van der Waals surface area contributed by atoms with Gasteiger partial charge in [0.05, 0.1) is 17.3 Å². The van der Waals surface area contributed by atoms with Crippen LogP contribution in [0.1, 0.15) is 5.89 Å². The van der Waals surface area contributed by atoms with E-state index in [1.807, 2.05) is 7.05 Å². The molecule has 5 heteroatoms. The number of anilines is 1. The van der Waals surface area contributed by atoms with Crippen molar-refractivity contribution in [2.24, 2.45) is 0 Å². The summed E-state index contributed by atoms with van der Waals surface area (Å²) in [5.41, 5.74) is 7.55. The lowest BCUT2D eigenvalue weighted by molar-refractivity contribution is 0.511. The van der Waals surface area contributed by atoms with Crippen LogP contribution in [0, 0.1) is 0 Å². The quantitative estimate of drug-likeness (QED) is 0.744. The van der Waals surface area contributed by atoms with Crippen molar-refractivity contribution in [2.75, 3.05) is 12.8 Å². The molecule has 0 aliphatic heterocycles. The van der Waals surface area contributed by atoms with Crippen LogP contribution in [0.3, 0.4) is 0 Å². The van der Waals surface area contributed by atoms with Gasteiger partial charge in [-0.25, -0.2) is 4.98 Å². The van der Waals surface area contributed by atoms with Gasteiger partial charge >= 0.3 is 0 Å². The van der Waals surface area contributed by atoms with Crippen LogP contribution in [0.5, 0.6) is 0 Å². The summed E-state index contributed by atoms with van der Waals surface area (Å²) < 4.78 is 5.43. The molecule has 0 bridgehead atoms. The minimum absolute atomic E-state index is 0.490. The molecule has 0 aliphatic carbocycles. The van der Waals surface area contributed by atoms with Crippen molar-refractivity contribution in [3.8, 4) is 0 Å². The number of nitrogen functional groups attached to an aromatic ring is 1. The number of nitrogens with zero attached hydrogens (tertiary/aromatic N) is 1. The molecule has 1 aromatic carbocycles. The van der Waals surface area contributed by atoms with Crippen molar-refractivity contribution >= 4 is 28.4 Å². The Morgan fingerprint density at radius 2 is 2.36 bits per heavy atom. The second kappa shape index (κ2) is 3.48. The number of fused-ring (bicyclic) bond motifs is 1. The summed E-state index contributed by atoms with van der Waals surface area (Å²) in [6.45, 7) is 0.589. The zero-order chi connectivity index (χ0) is 10.1. The Bertz CT molecular complexity index is 427. The maximum atomic E-state index is 5.85. The first-order valence-corrected chi connectivity index (χ1v) is 4.57. The Balaban J connectivity index is 2.54. The van der Waals surface area contributed by atoms with Crippen molar-refractivity contribution in [3.63, 3.8) is 0 Å². The first-order chi connectivity index (χ1) is 6.70. The van der Waals surface area contributed by atoms with Gasteiger partial charge in [0.25, 0.3) is 0 Å². The van der Waals surface area contributed by atoms with Crippen LogP contribution < -0.4 is 11.1 Å². The first kappa shape index (κ1) is 9.30. The molecule has 3 N–H and O–H groups in total. The van der Waals surface area contributed by atoms with Crippen molar-refractivity contribution in [2.45, 2.75) is 6.54 Å². The molecule has 0 spiro atoms. The third kappa shape index (κ3) is 1.54. The second-order valence-electron chi connectivity index (χ2n) is 2.98. The topological polar surface area (TPSA) is 64.1 Å². The largest absolute Gasteiger partial charge is 0.439 e. The molecular weight excluding hydrogens is 202 g/mol. The number of halogens is 1. The zero-order valence-electron chi connectivity index (χ0n) is 7.67. The average Bonchev–Trinajstić information content (AvgIpc) is 2.48. The molecule has 1 heterocycles. The normalized spacial score (nSPS) is 11.0. The van der Waals surface area contributed by atoms with Crippen LogP contribution in [0.25, 0.3) is 11.1 Å². The number of nitrogens with two attached hydrogens (primary N) is 1.